The van der Waals surface area contributed by atoms with Crippen LogP contribution in [0.2, 0.25) is 0 Å². The lowest BCUT2D eigenvalue weighted by molar-refractivity contribution is -0.137. The lowest BCUT2D eigenvalue weighted by atomic mass is 10.0. The van der Waals surface area contributed by atoms with Crippen LogP contribution in [0.15, 0.2) is 10.6 Å². The minimum atomic E-state index is -3.60. The summed E-state index contributed by atoms with van der Waals surface area (Å²) in [5.74, 6) is -1.03. The van der Waals surface area contributed by atoms with Crippen molar-refractivity contribution in [3.63, 3.8) is 0 Å². The standard InChI is InChI=1S/C11H18N2O5S/c1-8-6-9(18-12-8)7-19(16,17)13-11(2,3)5-4-10(14)15/h6,13H,4-5,7H2,1-3H3,(H,14,15). The third-order valence-corrected chi connectivity index (χ3v) is 3.93. The second kappa shape index (κ2) is 5.70. The fraction of sp³-hybridized carbons (Fsp3) is 0.636. The molecule has 8 heteroatoms. The molecule has 0 atom stereocenters. The number of aliphatic carboxylic acids is 1. The van der Waals surface area contributed by atoms with E-state index in [4.69, 9.17) is 9.63 Å². The highest BCUT2D eigenvalue weighted by molar-refractivity contribution is 7.88. The van der Waals surface area contributed by atoms with Gasteiger partial charge in [0.05, 0.1) is 5.69 Å². The molecule has 1 heterocycles. The minimum Gasteiger partial charge on any atom is -0.481 e. The number of carbonyl (C=O) groups is 1. The molecule has 0 radical (unpaired) electrons. The van der Waals surface area contributed by atoms with E-state index in [9.17, 15) is 13.2 Å². The van der Waals surface area contributed by atoms with Crippen LogP contribution in [-0.2, 0) is 20.6 Å². The molecule has 0 aliphatic heterocycles. The maximum Gasteiger partial charge on any atom is 0.303 e. The van der Waals surface area contributed by atoms with Gasteiger partial charge < -0.3 is 9.63 Å². The number of nitrogens with one attached hydrogen (secondary N) is 1. The van der Waals surface area contributed by atoms with E-state index in [1.165, 1.54) is 0 Å². The summed E-state index contributed by atoms with van der Waals surface area (Å²) in [5.41, 5.74) is -0.220. The summed E-state index contributed by atoms with van der Waals surface area (Å²) in [7, 11) is -3.60. The van der Waals surface area contributed by atoms with Crippen LogP contribution in [0.1, 0.15) is 38.1 Å². The first-order chi connectivity index (χ1) is 8.60. The van der Waals surface area contributed by atoms with Gasteiger partial charge in [0.1, 0.15) is 5.75 Å². The maximum absolute atomic E-state index is 11.9. The average Bonchev–Trinajstić information content (AvgIpc) is 2.58. The summed E-state index contributed by atoms with van der Waals surface area (Å²) in [6.45, 7) is 4.97. The monoisotopic (exact) mass is 290 g/mol. The first-order valence-corrected chi connectivity index (χ1v) is 7.40. The number of aromatic nitrogens is 1. The van der Waals surface area contributed by atoms with Gasteiger partial charge >= 0.3 is 5.97 Å². The van der Waals surface area contributed by atoms with Crippen LogP contribution in [0.25, 0.3) is 0 Å². The van der Waals surface area contributed by atoms with Crippen LogP contribution >= 0.6 is 0 Å². The molecule has 0 aliphatic rings. The number of sulfonamides is 1. The fourth-order valence-electron chi connectivity index (χ4n) is 1.60. The lowest BCUT2D eigenvalue weighted by Gasteiger charge is -2.24. The Morgan fingerprint density at radius 3 is 2.63 bits per heavy atom. The van der Waals surface area contributed by atoms with Gasteiger partial charge in [0.2, 0.25) is 10.0 Å². The Labute approximate surface area is 112 Å². The van der Waals surface area contributed by atoms with Gasteiger partial charge in [0.25, 0.3) is 0 Å². The third-order valence-electron chi connectivity index (χ3n) is 2.40. The van der Waals surface area contributed by atoms with Gasteiger partial charge in [0, 0.05) is 18.0 Å². The Bertz CT molecular complexity index is 547. The van der Waals surface area contributed by atoms with Gasteiger partial charge in [-0.2, -0.15) is 0 Å². The Morgan fingerprint density at radius 2 is 2.16 bits per heavy atom. The molecule has 0 saturated carbocycles. The lowest BCUT2D eigenvalue weighted by Crippen LogP contribution is -2.44. The van der Waals surface area contributed by atoms with Gasteiger partial charge in [-0.15, -0.1) is 0 Å². The largest absolute Gasteiger partial charge is 0.481 e. The summed E-state index contributed by atoms with van der Waals surface area (Å²) in [4.78, 5) is 10.5. The molecular weight excluding hydrogens is 272 g/mol. The summed E-state index contributed by atoms with van der Waals surface area (Å²) in [5, 5.41) is 12.2. The van der Waals surface area contributed by atoms with Crippen molar-refractivity contribution in [1.82, 2.24) is 9.88 Å². The van der Waals surface area contributed by atoms with Gasteiger partial charge in [-0.3, -0.25) is 4.79 Å². The zero-order valence-electron chi connectivity index (χ0n) is 11.1. The van der Waals surface area contributed by atoms with Crippen molar-refractivity contribution >= 4 is 16.0 Å². The highest BCUT2D eigenvalue weighted by Gasteiger charge is 2.26. The van der Waals surface area contributed by atoms with Crippen molar-refractivity contribution in [3.8, 4) is 0 Å². The van der Waals surface area contributed by atoms with Crippen LogP contribution in [0.3, 0.4) is 0 Å². The van der Waals surface area contributed by atoms with Gasteiger partial charge in [-0.1, -0.05) is 5.16 Å². The predicted octanol–water partition coefficient (Wildman–Crippen LogP) is 1.05. The molecule has 7 nitrogen and oxygen atoms in total. The second-order valence-corrected chi connectivity index (χ2v) is 6.80. The van der Waals surface area contributed by atoms with Crippen molar-refractivity contribution in [2.45, 2.75) is 44.9 Å². The first kappa shape index (κ1) is 15.6. The van der Waals surface area contributed by atoms with E-state index in [-0.39, 0.29) is 24.4 Å². The number of aryl methyl sites for hydroxylation is 1. The van der Waals surface area contributed by atoms with Crippen LogP contribution in [0.4, 0.5) is 0 Å². The van der Waals surface area contributed by atoms with E-state index in [1.807, 2.05) is 0 Å². The van der Waals surface area contributed by atoms with Crippen molar-refractivity contribution in [1.29, 1.82) is 0 Å². The van der Waals surface area contributed by atoms with Crippen LogP contribution in [0, 0.1) is 6.92 Å². The van der Waals surface area contributed by atoms with E-state index in [2.05, 4.69) is 9.88 Å². The van der Waals surface area contributed by atoms with Gasteiger partial charge in [-0.05, 0) is 27.2 Å². The Hall–Kier alpha value is -1.41. The predicted molar refractivity (Wildman–Crippen MR) is 67.9 cm³/mol. The van der Waals surface area contributed by atoms with Crippen molar-refractivity contribution in [3.05, 3.63) is 17.5 Å². The van der Waals surface area contributed by atoms with Crippen LogP contribution in [-0.4, -0.2) is 30.2 Å². The number of hydrogen-bond acceptors (Lipinski definition) is 5. The third kappa shape index (κ3) is 5.84. The van der Waals surface area contributed by atoms with E-state index < -0.39 is 21.5 Å². The molecule has 108 valence electrons. The molecule has 0 spiro atoms. The smallest absolute Gasteiger partial charge is 0.303 e. The molecule has 0 bridgehead atoms. The second-order valence-electron chi connectivity index (χ2n) is 5.07. The fourth-order valence-corrected chi connectivity index (χ4v) is 3.13. The molecule has 19 heavy (non-hydrogen) atoms. The molecule has 1 aromatic heterocycles. The molecule has 0 amide bonds. The number of carboxylic acid groups (broad SMARTS) is 1. The molecule has 1 rings (SSSR count). The Balaban J connectivity index is 2.65. The molecule has 0 fully saturated rings. The van der Waals surface area contributed by atoms with Crippen molar-refractivity contribution in [2.24, 2.45) is 0 Å². The number of carboxylic acids is 1. The van der Waals surface area contributed by atoms with E-state index in [1.54, 1.807) is 26.8 Å². The number of nitrogens with zero attached hydrogens (tertiary/aromatic N) is 1. The molecule has 0 saturated heterocycles. The number of hydrogen-bond donors (Lipinski definition) is 2. The van der Waals surface area contributed by atoms with Crippen molar-refractivity contribution < 1.29 is 22.8 Å². The molecule has 0 unspecified atom stereocenters. The summed E-state index contributed by atoms with van der Waals surface area (Å²) in [6, 6.07) is 1.55. The zero-order valence-corrected chi connectivity index (χ0v) is 12.0. The van der Waals surface area contributed by atoms with Crippen LogP contribution < -0.4 is 4.72 Å². The zero-order chi connectivity index (χ0) is 14.7. The highest BCUT2D eigenvalue weighted by atomic mass is 32.2. The Kier molecular flexibility index (Phi) is 4.70. The average molecular weight is 290 g/mol. The molecule has 0 aliphatic carbocycles. The minimum absolute atomic E-state index is 0.100. The Morgan fingerprint density at radius 1 is 1.53 bits per heavy atom. The quantitative estimate of drug-likeness (QED) is 0.776. The van der Waals surface area contributed by atoms with E-state index in [0.29, 0.717) is 5.69 Å². The van der Waals surface area contributed by atoms with Crippen LogP contribution in [0.5, 0.6) is 0 Å². The molecule has 2 N–H and O–H groups in total. The maximum atomic E-state index is 11.9. The van der Waals surface area contributed by atoms with Gasteiger partial charge in [-0.25, -0.2) is 13.1 Å². The first-order valence-electron chi connectivity index (χ1n) is 5.75. The van der Waals surface area contributed by atoms with E-state index in [0.717, 1.165) is 0 Å². The molecule has 1 aromatic rings. The van der Waals surface area contributed by atoms with Gasteiger partial charge in [0.15, 0.2) is 5.76 Å². The summed E-state index contributed by atoms with van der Waals surface area (Å²) >= 11 is 0. The summed E-state index contributed by atoms with van der Waals surface area (Å²) in [6.07, 6.45) is 0.105. The van der Waals surface area contributed by atoms with E-state index >= 15 is 0 Å². The topological polar surface area (TPSA) is 110 Å². The highest BCUT2D eigenvalue weighted by Crippen LogP contribution is 2.15. The van der Waals surface area contributed by atoms with Crippen molar-refractivity contribution in [2.75, 3.05) is 0 Å². The normalized spacial score (nSPS) is 12.6. The number of rotatable bonds is 7. The summed E-state index contributed by atoms with van der Waals surface area (Å²) < 4.78 is 31.2. The molecular formula is C11H18N2O5S. The molecule has 0 aromatic carbocycles. The SMILES string of the molecule is Cc1cc(CS(=O)(=O)NC(C)(C)CCC(=O)O)on1.